The number of carboxylic acids is 1. The lowest BCUT2D eigenvalue weighted by atomic mass is 10.0. The summed E-state index contributed by atoms with van der Waals surface area (Å²) in [5.74, 6) is -0.677. The van der Waals surface area contributed by atoms with Crippen LogP contribution in [0.25, 0.3) is 0 Å². The maximum absolute atomic E-state index is 11.3. The average Bonchev–Trinajstić information content (AvgIpc) is 2.43. The van der Waals surface area contributed by atoms with E-state index in [2.05, 4.69) is 15.9 Å². The van der Waals surface area contributed by atoms with Gasteiger partial charge < -0.3 is 28.8 Å². The van der Waals surface area contributed by atoms with Crippen molar-refractivity contribution in [3.63, 3.8) is 0 Å². The molecule has 0 aliphatic heterocycles. The average molecular weight is 334 g/mol. The van der Waals surface area contributed by atoms with E-state index in [0.29, 0.717) is 5.56 Å². The molecule has 0 unspecified atom stereocenters. The molecule has 0 radical (unpaired) electrons. The summed E-state index contributed by atoms with van der Waals surface area (Å²) in [4.78, 5) is 11.3. The Morgan fingerprint density at radius 2 is 1.37 bits per heavy atom. The molecule has 106 valence electrons. The van der Waals surface area contributed by atoms with Gasteiger partial charge in [0, 0.05) is 10.9 Å². The summed E-state index contributed by atoms with van der Waals surface area (Å²) >= 11 is 3.22. The molecule has 0 fully saturated rings. The van der Waals surface area contributed by atoms with Gasteiger partial charge in [0.05, 0.1) is 40.0 Å². The molecule has 19 heavy (non-hydrogen) atoms. The Balaban J connectivity index is 3.85. The Kier molecular flexibility index (Phi) is 5.29. The van der Waals surface area contributed by atoms with Crippen LogP contribution >= 0.6 is 15.9 Å². The van der Waals surface area contributed by atoms with Gasteiger partial charge in [0.2, 0.25) is 11.5 Å². The van der Waals surface area contributed by atoms with Crippen LogP contribution in [-0.4, -0.2) is 34.4 Å². The second-order valence-corrected chi connectivity index (χ2v) is 3.97. The van der Waals surface area contributed by atoms with Crippen molar-refractivity contribution in [2.75, 3.05) is 28.4 Å². The molecule has 0 aromatic heterocycles. The van der Waals surface area contributed by atoms with Crippen molar-refractivity contribution >= 4 is 21.9 Å². The summed E-state index contributed by atoms with van der Waals surface area (Å²) in [6.45, 7) is 0. The van der Waals surface area contributed by atoms with Crippen LogP contribution in [0.4, 0.5) is 0 Å². The Hall–Kier alpha value is -1.63. The summed E-state index contributed by atoms with van der Waals surface area (Å²) in [5.41, 5.74) is 0.228. The molecule has 0 amide bonds. The fourth-order valence-electron chi connectivity index (χ4n) is 1.83. The Labute approximate surface area is 119 Å². The lowest BCUT2D eigenvalue weighted by molar-refractivity contribution is -0.255. The number of hydrogen-bond acceptors (Lipinski definition) is 6. The number of alkyl halides is 1. The highest BCUT2D eigenvalue weighted by molar-refractivity contribution is 9.08. The summed E-state index contributed by atoms with van der Waals surface area (Å²) in [6, 6.07) is 0. The summed E-state index contributed by atoms with van der Waals surface area (Å²) in [6.07, 6.45) is 0. The van der Waals surface area contributed by atoms with Crippen LogP contribution in [-0.2, 0) is 5.33 Å². The van der Waals surface area contributed by atoms with E-state index in [1.165, 1.54) is 28.4 Å². The van der Waals surface area contributed by atoms with Gasteiger partial charge in [-0.25, -0.2) is 0 Å². The molecule has 0 atom stereocenters. The lowest BCUT2D eigenvalue weighted by Crippen LogP contribution is -2.25. The van der Waals surface area contributed by atoms with Gasteiger partial charge >= 0.3 is 0 Å². The SMILES string of the molecule is COc1c(CBr)c(C(=O)[O-])c(OC)c(OC)c1OC. The quantitative estimate of drug-likeness (QED) is 0.722. The molecule has 0 saturated carbocycles. The van der Waals surface area contributed by atoms with Gasteiger partial charge in [-0.1, -0.05) is 15.9 Å². The molecule has 0 aliphatic carbocycles. The Morgan fingerprint density at radius 1 is 0.947 bits per heavy atom. The number of benzene rings is 1. The second-order valence-electron chi connectivity index (χ2n) is 3.41. The smallest absolute Gasteiger partial charge is 0.207 e. The second kappa shape index (κ2) is 6.51. The van der Waals surface area contributed by atoms with Crippen molar-refractivity contribution in [1.82, 2.24) is 0 Å². The van der Waals surface area contributed by atoms with Crippen LogP contribution in [0.15, 0.2) is 0 Å². The predicted molar refractivity (Wildman–Crippen MR) is 69.6 cm³/mol. The molecule has 0 saturated heterocycles. The van der Waals surface area contributed by atoms with Crippen molar-refractivity contribution in [3.05, 3.63) is 11.1 Å². The van der Waals surface area contributed by atoms with Gasteiger partial charge in [0.25, 0.3) is 0 Å². The fourth-order valence-corrected chi connectivity index (χ4v) is 2.37. The van der Waals surface area contributed by atoms with E-state index in [1.807, 2.05) is 0 Å². The minimum absolute atomic E-state index is 0.0367. The predicted octanol–water partition coefficient (Wildman–Crippen LogP) is 0.979. The molecule has 0 bridgehead atoms. The number of methoxy groups -OCH3 is 4. The highest BCUT2D eigenvalue weighted by Gasteiger charge is 2.27. The van der Waals surface area contributed by atoms with Gasteiger partial charge in [-0.2, -0.15) is 0 Å². The van der Waals surface area contributed by atoms with Crippen LogP contribution < -0.4 is 24.1 Å². The lowest BCUT2D eigenvalue weighted by Gasteiger charge is -2.22. The van der Waals surface area contributed by atoms with E-state index >= 15 is 0 Å². The van der Waals surface area contributed by atoms with Gasteiger partial charge in [-0.3, -0.25) is 0 Å². The molecule has 0 spiro atoms. The summed E-state index contributed by atoms with van der Waals surface area (Å²) < 4.78 is 20.7. The maximum Gasteiger partial charge on any atom is 0.207 e. The summed E-state index contributed by atoms with van der Waals surface area (Å²) in [7, 11) is 5.56. The molecule has 0 aliphatic rings. The van der Waals surface area contributed by atoms with Gasteiger partial charge in [-0.15, -0.1) is 0 Å². The first-order valence-corrected chi connectivity index (χ1v) is 6.35. The van der Waals surface area contributed by atoms with E-state index in [9.17, 15) is 9.90 Å². The Bertz CT molecular complexity index is 453. The topological polar surface area (TPSA) is 77.1 Å². The number of aromatic carboxylic acids is 1. The third kappa shape index (κ3) is 2.56. The number of rotatable bonds is 6. The standard InChI is InChI=1S/C12H15BrO6/c1-16-8-6(5-13)7(12(14)15)9(17-2)11(19-4)10(8)18-3/h5H2,1-4H3,(H,14,15)/p-1. The fraction of sp³-hybridized carbons (Fsp3) is 0.417. The monoisotopic (exact) mass is 333 g/mol. The van der Waals surface area contributed by atoms with Crippen LogP contribution in [0, 0.1) is 0 Å². The number of carbonyl (C=O) groups excluding carboxylic acids is 1. The molecule has 1 rings (SSSR count). The number of ether oxygens (including phenoxy) is 4. The molecule has 7 heteroatoms. The molecule has 0 heterocycles. The van der Waals surface area contributed by atoms with Gasteiger partial charge in [-0.05, 0) is 0 Å². The zero-order chi connectivity index (χ0) is 14.6. The molecular weight excluding hydrogens is 320 g/mol. The van der Waals surface area contributed by atoms with Crippen LogP contribution in [0.1, 0.15) is 15.9 Å². The maximum atomic E-state index is 11.3. The van der Waals surface area contributed by atoms with Crippen LogP contribution in [0.5, 0.6) is 23.0 Å². The van der Waals surface area contributed by atoms with Crippen molar-refractivity contribution in [3.8, 4) is 23.0 Å². The number of carboxylic acid groups (broad SMARTS) is 1. The van der Waals surface area contributed by atoms with Crippen LogP contribution in [0.3, 0.4) is 0 Å². The zero-order valence-electron chi connectivity index (χ0n) is 11.0. The number of hydrogen-bond donors (Lipinski definition) is 0. The molecular formula is C12H14BrO6-. The normalized spacial score (nSPS) is 9.95. The van der Waals surface area contributed by atoms with E-state index < -0.39 is 5.97 Å². The van der Waals surface area contributed by atoms with Crippen molar-refractivity contribution in [1.29, 1.82) is 0 Å². The zero-order valence-corrected chi connectivity index (χ0v) is 12.6. The highest BCUT2D eigenvalue weighted by atomic mass is 79.9. The van der Waals surface area contributed by atoms with Gasteiger partial charge in [0.15, 0.2) is 11.5 Å². The van der Waals surface area contributed by atoms with Gasteiger partial charge in [0.1, 0.15) is 0 Å². The first-order valence-electron chi connectivity index (χ1n) is 5.23. The minimum Gasteiger partial charge on any atom is -0.545 e. The van der Waals surface area contributed by atoms with E-state index in [0.717, 1.165) is 0 Å². The molecule has 1 aromatic carbocycles. The molecule has 0 N–H and O–H groups in total. The summed E-state index contributed by atoms with van der Waals surface area (Å²) in [5, 5.41) is 11.6. The van der Waals surface area contributed by atoms with Crippen molar-refractivity contribution in [2.24, 2.45) is 0 Å². The first-order chi connectivity index (χ1) is 9.06. The van der Waals surface area contributed by atoms with E-state index in [4.69, 9.17) is 18.9 Å². The van der Waals surface area contributed by atoms with E-state index in [1.54, 1.807) is 0 Å². The van der Waals surface area contributed by atoms with Crippen molar-refractivity contribution in [2.45, 2.75) is 5.33 Å². The van der Waals surface area contributed by atoms with Crippen LogP contribution in [0.2, 0.25) is 0 Å². The molecule has 6 nitrogen and oxygen atoms in total. The highest BCUT2D eigenvalue weighted by Crippen LogP contribution is 2.49. The molecule has 1 aromatic rings. The Morgan fingerprint density at radius 3 is 1.68 bits per heavy atom. The third-order valence-electron chi connectivity index (χ3n) is 2.58. The van der Waals surface area contributed by atoms with Crippen molar-refractivity contribution < 1.29 is 28.8 Å². The number of halogens is 1. The first kappa shape index (κ1) is 15.4. The van der Waals surface area contributed by atoms with E-state index in [-0.39, 0.29) is 33.9 Å². The largest absolute Gasteiger partial charge is 0.545 e. The number of carbonyl (C=O) groups is 1. The minimum atomic E-state index is -1.38. The third-order valence-corrected chi connectivity index (χ3v) is 3.14.